The van der Waals surface area contributed by atoms with Crippen LogP contribution in [0.5, 0.6) is 0 Å². The van der Waals surface area contributed by atoms with Crippen LogP contribution in [0.1, 0.15) is 25.8 Å². The lowest BCUT2D eigenvalue weighted by Crippen LogP contribution is -2.31. The third-order valence-corrected chi connectivity index (χ3v) is 5.21. The van der Waals surface area contributed by atoms with Gasteiger partial charge in [-0.15, -0.1) is 0 Å². The van der Waals surface area contributed by atoms with Crippen LogP contribution in [0.2, 0.25) is 0 Å². The van der Waals surface area contributed by atoms with Crippen LogP contribution < -0.4 is 5.73 Å². The smallest absolute Gasteiger partial charge is 0.243 e. The van der Waals surface area contributed by atoms with E-state index in [2.05, 4.69) is 0 Å². The van der Waals surface area contributed by atoms with Crippen molar-refractivity contribution in [3.05, 3.63) is 23.5 Å². The Kier molecular flexibility index (Phi) is 4.92. The van der Waals surface area contributed by atoms with Crippen LogP contribution in [-0.2, 0) is 10.0 Å². The molecule has 0 aliphatic heterocycles. The van der Waals surface area contributed by atoms with Crippen molar-refractivity contribution in [1.29, 1.82) is 0 Å². The first-order valence-corrected chi connectivity index (χ1v) is 7.66. The number of rotatable bonds is 5. The SMILES string of the molecule is CCC(C)CN(C)S(=O)(=O)c1cc(N)c(F)cc1C. The van der Waals surface area contributed by atoms with E-state index in [1.54, 1.807) is 6.92 Å². The molecule has 0 spiro atoms. The maximum atomic E-state index is 13.3. The van der Waals surface area contributed by atoms with Gasteiger partial charge in [-0.1, -0.05) is 20.3 Å². The van der Waals surface area contributed by atoms with Gasteiger partial charge >= 0.3 is 0 Å². The molecule has 0 bridgehead atoms. The lowest BCUT2D eigenvalue weighted by Gasteiger charge is -2.21. The van der Waals surface area contributed by atoms with Crippen molar-refractivity contribution in [1.82, 2.24) is 4.31 Å². The van der Waals surface area contributed by atoms with Crippen LogP contribution in [0.15, 0.2) is 17.0 Å². The summed E-state index contributed by atoms with van der Waals surface area (Å²) >= 11 is 0. The van der Waals surface area contributed by atoms with Crippen LogP contribution in [0, 0.1) is 18.7 Å². The van der Waals surface area contributed by atoms with Crippen molar-refractivity contribution in [2.75, 3.05) is 19.3 Å². The van der Waals surface area contributed by atoms with Gasteiger partial charge in [0.1, 0.15) is 5.82 Å². The van der Waals surface area contributed by atoms with Gasteiger partial charge in [0.25, 0.3) is 0 Å². The van der Waals surface area contributed by atoms with Gasteiger partial charge in [0.15, 0.2) is 0 Å². The van der Waals surface area contributed by atoms with E-state index in [1.165, 1.54) is 17.4 Å². The molecule has 0 heterocycles. The van der Waals surface area contributed by atoms with Crippen molar-refractivity contribution in [2.24, 2.45) is 5.92 Å². The predicted octanol–water partition coefficient (Wildman–Crippen LogP) is 2.38. The minimum absolute atomic E-state index is 0.0669. The molecule has 1 aromatic rings. The average molecular weight is 288 g/mol. The summed E-state index contributed by atoms with van der Waals surface area (Å²) in [5.41, 5.74) is 5.67. The number of halogens is 1. The molecule has 1 unspecified atom stereocenters. The average Bonchev–Trinajstić information content (AvgIpc) is 2.33. The first kappa shape index (κ1) is 15.9. The minimum atomic E-state index is -3.63. The second kappa shape index (κ2) is 5.88. The second-order valence-corrected chi connectivity index (χ2v) is 6.95. The molecule has 6 heteroatoms. The standard InChI is InChI=1S/C13H21FN2O2S/c1-5-9(2)8-16(4)19(17,18)13-7-12(15)11(14)6-10(13)3/h6-7,9H,5,8,15H2,1-4H3. The van der Waals surface area contributed by atoms with Gasteiger partial charge in [-0.3, -0.25) is 0 Å². The van der Waals surface area contributed by atoms with E-state index in [-0.39, 0.29) is 16.5 Å². The Hall–Kier alpha value is -1.14. The molecule has 19 heavy (non-hydrogen) atoms. The molecule has 0 radical (unpaired) electrons. The summed E-state index contributed by atoms with van der Waals surface area (Å²) in [4.78, 5) is 0.0669. The van der Waals surface area contributed by atoms with Gasteiger partial charge in [0, 0.05) is 13.6 Å². The molecule has 0 aromatic heterocycles. The molecule has 2 N–H and O–H groups in total. The number of nitrogen functional groups attached to an aromatic ring is 1. The van der Waals surface area contributed by atoms with E-state index in [0.717, 1.165) is 12.5 Å². The highest BCUT2D eigenvalue weighted by atomic mass is 32.2. The minimum Gasteiger partial charge on any atom is -0.396 e. The van der Waals surface area contributed by atoms with Crippen LogP contribution in [0.25, 0.3) is 0 Å². The van der Waals surface area contributed by atoms with Gasteiger partial charge in [-0.25, -0.2) is 17.1 Å². The Morgan fingerprint density at radius 2 is 2.00 bits per heavy atom. The molecular formula is C13H21FN2O2S. The van der Waals surface area contributed by atoms with E-state index in [4.69, 9.17) is 5.73 Å². The maximum Gasteiger partial charge on any atom is 0.243 e. The number of benzene rings is 1. The maximum absolute atomic E-state index is 13.3. The fraction of sp³-hybridized carbons (Fsp3) is 0.538. The largest absolute Gasteiger partial charge is 0.396 e. The lowest BCUT2D eigenvalue weighted by molar-refractivity contribution is 0.393. The molecule has 0 aliphatic carbocycles. The van der Waals surface area contributed by atoms with E-state index < -0.39 is 15.8 Å². The van der Waals surface area contributed by atoms with E-state index in [9.17, 15) is 12.8 Å². The molecule has 0 aliphatic rings. The van der Waals surface area contributed by atoms with Gasteiger partial charge < -0.3 is 5.73 Å². The number of hydrogen-bond acceptors (Lipinski definition) is 3. The second-order valence-electron chi connectivity index (χ2n) is 4.94. The Bertz CT molecular complexity index is 558. The molecule has 1 rings (SSSR count). The highest BCUT2D eigenvalue weighted by Gasteiger charge is 2.24. The zero-order valence-corrected chi connectivity index (χ0v) is 12.6. The fourth-order valence-corrected chi connectivity index (χ4v) is 3.31. The Morgan fingerprint density at radius 1 is 1.42 bits per heavy atom. The molecule has 0 fully saturated rings. The lowest BCUT2D eigenvalue weighted by atomic mass is 10.1. The van der Waals surface area contributed by atoms with Crippen molar-refractivity contribution in [3.63, 3.8) is 0 Å². The Labute approximate surface area is 114 Å². The summed E-state index contributed by atoms with van der Waals surface area (Å²) in [5.74, 6) is -0.334. The van der Waals surface area contributed by atoms with Crippen LogP contribution >= 0.6 is 0 Å². The van der Waals surface area contributed by atoms with Crippen molar-refractivity contribution in [2.45, 2.75) is 32.1 Å². The molecule has 4 nitrogen and oxygen atoms in total. The van der Waals surface area contributed by atoms with Crippen molar-refractivity contribution >= 4 is 15.7 Å². The number of hydrogen-bond donors (Lipinski definition) is 1. The van der Waals surface area contributed by atoms with E-state index in [1.807, 2.05) is 13.8 Å². The van der Waals surface area contributed by atoms with E-state index >= 15 is 0 Å². The predicted molar refractivity (Wildman–Crippen MR) is 74.8 cm³/mol. The summed E-state index contributed by atoms with van der Waals surface area (Å²) < 4.78 is 39.4. The first-order chi connectivity index (χ1) is 8.70. The van der Waals surface area contributed by atoms with E-state index in [0.29, 0.717) is 12.1 Å². The van der Waals surface area contributed by atoms with Crippen molar-refractivity contribution in [3.8, 4) is 0 Å². The highest BCUT2D eigenvalue weighted by molar-refractivity contribution is 7.89. The fourth-order valence-electron chi connectivity index (χ4n) is 1.78. The molecule has 108 valence electrons. The van der Waals surface area contributed by atoms with Gasteiger partial charge in [-0.05, 0) is 30.5 Å². The third-order valence-electron chi connectivity index (χ3n) is 3.25. The molecule has 0 saturated heterocycles. The quantitative estimate of drug-likeness (QED) is 0.846. The number of anilines is 1. The van der Waals surface area contributed by atoms with Crippen LogP contribution in [-0.4, -0.2) is 26.3 Å². The first-order valence-electron chi connectivity index (χ1n) is 6.22. The summed E-state index contributed by atoms with van der Waals surface area (Å²) in [7, 11) is -2.10. The normalized spacial score (nSPS) is 13.8. The molecule has 1 aromatic carbocycles. The summed E-state index contributed by atoms with van der Waals surface area (Å²) in [6.45, 7) is 5.98. The molecule has 1 atom stereocenters. The zero-order valence-electron chi connectivity index (χ0n) is 11.8. The number of aryl methyl sites for hydroxylation is 1. The third kappa shape index (κ3) is 3.45. The molecule has 0 amide bonds. The Morgan fingerprint density at radius 3 is 2.53 bits per heavy atom. The zero-order chi connectivity index (χ0) is 14.8. The Balaban J connectivity index is 3.17. The van der Waals surface area contributed by atoms with Crippen LogP contribution in [0.4, 0.5) is 10.1 Å². The van der Waals surface area contributed by atoms with Crippen LogP contribution in [0.3, 0.4) is 0 Å². The van der Waals surface area contributed by atoms with Gasteiger partial charge in [0.2, 0.25) is 10.0 Å². The highest BCUT2D eigenvalue weighted by Crippen LogP contribution is 2.24. The molecular weight excluding hydrogens is 267 g/mol. The number of sulfonamides is 1. The van der Waals surface area contributed by atoms with Gasteiger partial charge in [0.05, 0.1) is 10.6 Å². The monoisotopic (exact) mass is 288 g/mol. The number of nitrogens with two attached hydrogens (primary N) is 1. The number of nitrogens with zero attached hydrogens (tertiary/aromatic N) is 1. The topological polar surface area (TPSA) is 63.4 Å². The summed E-state index contributed by atoms with van der Waals surface area (Å²) in [5, 5.41) is 0. The summed E-state index contributed by atoms with van der Waals surface area (Å²) in [6.07, 6.45) is 0.893. The van der Waals surface area contributed by atoms with Gasteiger partial charge in [-0.2, -0.15) is 0 Å². The molecule has 0 saturated carbocycles. The van der Waals surface area contributed by atoms with Crippen molar-refractivity contribution < 1.29 is 12.8 Å². The summed E-state index contributed by atoms with van der Waals surface area (Å²) in [6, 6.07) is 2.34.